The molecule has 4 nitrogen and oxygen atoms in total. The minimum atomic E-state index is -0.378. The highest BCUT2D eigenvalue weighted by Gasteiger charge is 2.09. The summed E-state index contributed by atoms with van der Waals surface area (Å²) >= 11 is 0. The molecule has 122 valence electrons. The second-order valence-electron chi connectivity index (χ2n) is 5.05. The van der Waals surface area contributed by atoms with E-state index in [0.29, 0.717) is 24.2 Å². The Labute approximate surface area is 137 Å². The summed E-state index contributed by atoms with van der Waals surface area (Å²) in [5, 5.41) is 5.88. The minimum Gasteiger partial charge on any atom is -0.381 e. The van der Waals surface area contributed by atoms with Gasteiger partial charge in [0.15, 0.2) is 0 Å². The molecule has 7 heteroatoms. The monoisotopic (exact) mass is 339 g/mol. The van der Waals surface area contributed by atoms with Crippen LogP contribution in [-0.2, 0) is 4.79 Å². The first-order valence-electron chi connectivity index (χ1n) is 6.50. The van der Waals surface area contributed by atoms with Gasteiger partial charge >= 0.3 is 0 Å². The van der Waals surface area contributed by atoms with Crippen molar-refractivity contribution in [2.75, 3.05) is 10.6 Å². The summed E-state index contributed by atoms with van der Waals surface area (Å²) in [5.41, 5.74) is 6.78. The standard InChI is InChI=1S/C14H22FN3O.2ClH/c1-9(2)17-12-6-5-11(15)8-13(12)18-14(19)7-4-10(3)16;;/h5-6,8-10,17H,4,7,16H2,1-3H3,(H,18,19);2*1H. The van der Waals surface area contributed by atoms with E-state index in [1.165, 1.54) is 12.1 Å². The lowest BCUT2D eigenvalue weighted by atomic mass is 10.2. The fraction of sp³-hybridized carbons (Fsp3) is 0.500. The van der Waals surface area contributed by atoms with E-state index >= 15 is 0 Å². The van der Waals surface area contributed by atoms with Crippen molar-refractivity contribution in [2.45, 2.75) is 45.7 Å². The van der Waals surface area contributed by atoms with E-state index in [1.54, 1.807) is 6.07 Å². The Balaban J connectivity index is 0. The molecule has 0 aliphatic heterocycles. The molecule has 1 aromatic carbocycles. The van der Waals surface area contributed by atoms with Gasteiger partial charge < -0.3 is 16.4 Å². The molecule has 0 saturated carbocycles. The zero-order valence-electron chi connectivity index (χ0n) is 12.5. The molecule has 1 rings (SSSR count). The summed E-state index contributed by atoms with van der Waals surface area (Å²) in [6, 6.07) is 4.48. The molecule has 1 amide bonds. The van der Waals surface area contributed by atoms with Crippen molar-refractivity contribution in [3.8, 4) is 0 Å². The van der Waals surface area contributed by atoms with Gasteiger partial charge in [-0.3, -0.25) is 4.79 Å². The molecule has 0 saturated heterocycles. The molecule has 0 spiro atoms. The molecule has 1 aromatic rings. The summed E-state index contributed by atoms with van der Waals surface area (Å²) in [4.78, 5) is 11.7. The van der Waals surface area contributed by atoms with E-state index in [9.17, 15) is 9.18 Å². The smallest absolute Gasteiger partial charge is 0.224 e. The summed E-state index contributed by atoms with van der Waals surface area (Å²) < 4.78 is 13.3. The van der Waals surface area contributed by atoms with Crippen LogP contribution in [0.2, 0.25) is 0 Å². The van der Waals surface area contributed by atoms with Gasteiger partial charge in [-0.25, -0.2) is 4.39 Å². The van der Waals surface area contributed by atoms with Crippen LogP contribution in [0.25, 0.3) is 0 Å². The van der Waals surface area contributed by atoms with Crippen LogP contribution in [0.15, 0.2) is 18.2 Å². The zero-order valence-corrected chi connectivity index (χ0v) is 14.1. The summed E-state index contributed by atoms with van der Waals surface area (Å²) in [7, 11) is 0. The topological polar surface area (TPSA) is 67.2 Å². The SMILES string of the molecule is CC(N)CCC(=O)Nc1cc(F)ccc1NC(C)C.Cl.Cl. The first kappa shape index (κ1) is 22.2. The van der Waals surface area contributed by atoms with E-state index in [1.807, 2.05) is 20.8 Å². The van der Waals surface area contributed by atoms with Crippen LogP contribution in [0, 0.1) is 5.82 Å². The fourth-order valence-electron chi connectivity index (χ4n) is 1.63. The second kappa shape index (κ2) is 10.7. The van der Waals surface area contributed by atoms with Crippen molar-refractivity contribution in [2.24, 2.45) is 5.73 Å². The van der Waals surface area contributed by atoms with E-state index in [0.717, 1.165) is 0 Å². The molecular formula is C14H24Cl2FN3O. The number of hydrogen-bond acceptors (Lipinski definition) is 3. The number of carbonyl (C=O) groups is 1. The summed E-state index contributed by atoms with van der Waals surface area (Å²) in [5.74, 6) is -0.536. The van der Waals surface area contributed by atoms with Gasteiger partial charge in [-0.05, 0) is 45.4 Å². The molecular weight excluding hydrogens is 316 g/mol. The predicted molar refractivity (Wildman–Crippen MR) is 91.2 cm³/mol. The molecule has 0 bridgehead atoms. The van der Waals surface area contributed by atoms with Crippen LogP contribution in [0.3, 0.4) is 0 Å². The molecule has 1 atom stereocenters. The van der Waals surface area contributed by atoms with Crippen molar-refractivity contribution in [1.29, 1.82) is 0 Å². The third-order valence-electron chi connectivity index (χ3n) is 2.53. The number of rotatable bonds is 6. The first-order valence-corrected chi connectivity index (χ1v) is 6.50. The summed E-state index contributed by atoms with van der Waals surface area (Å²) in [6.07, 6.45) is 0.934. The van der Waals surface area contributed by atoms with Crippen molar-refractivity contribution >= 4 is 42.1 Å². The number of hydrogen-bond donors (Lipinski definition) is 3. The molecule has 0 aliphatic carbocycles. The van der Waals surface area contributed by atoms with Crippen molar-refractivity contribution in [3.05, 3.63) is 24.0 Å². The lowest BCUT2D eigenvalue weighted by Gasteiger charge is -2.16. The van der Waals surface area contributed by atoms with Gasteiger partial charge in [0.2, 0.25) is 5.91 Å². The third kappa shape index (κ3) is 8.75. The third-order valence-corrected chi connectivity index (χ3v) is 2.53. The van der Waals surface area contributed by atoms with Crippen LogP contribution in [-0.4, -0.2) is 18.0 Å². The van der Waals surface area contributed by atoms with Gasteiger partial charge in [0.05, 0.1) is 11.4 Å². The van der Waals surface area contributed by atoms with Gasteiger partial charge in [-0.2, -0.15) is 0 Å². The van der Waals surface area contributed by atoms with E-state index in [2.05, 4.69) is 10.6 Å². The average molecular weight is 340 g/mol. The minimum absolute atomic E-state index is 0. The maximum Gasteiger partial charge on any atom is 0.224 e. The van der Waals surface area contributed by atoms with E-state index in [4.69, 9.17) is 5.73 Å². The van der Waals surface area contributed by atoms with Gasteiger partial charge in [-0.15, -0.1) is 24.8 Å². The highest BCUT2D eigenvalue weighted by molar-refractivity contribution is 5.94. The van der Waals surface area contributed by atoms with Crippen molar-refractivity contribution < 1.29 is 9.18 Å². The maximum atomic E-state index is 13.3. The number of amides is 1. The van der Waals surface area contributed by atoms with Gasteiger partial charge in [0.1, 0.15) is 5.82 Å². The Morgan fingerprint density at radius 3 is 2.38 bits per heavy atom. The molecule has 21 heavy (non-hydrogen) atoms. The number of anilines is 2. The number of halogens is 3. The summed E-state index contributed by atoms with van der Waals surface area (Å²) in [6.45, 7) is 5.80. The van der Waals surface area contributed by atoms with Crippen LogP contribution in [0.5, 0.6) is 0 Å². The largest absolute Gasteiger partial charge is 0.381 e. The lowest BCUT2D eigenvalue weighted by Crippen LogP contribution is -2.20. The van der Waals surface area contributed by atoms with Gasteiger partial charge in [0, 0.05) is 18.5 Å². The molecule has 0 aromatic heterocycles. The van der Waals surface area contributed by atoms with Crippen molar-refractivity contribution in [1.82, 2.24) is 0 Å². The molecule has 4 N–H and O–H groups in total. The van der Waals surface area contributed by atoms with Crippen LogP contribution in [0.4, 0.5) is 15.8 Å². The predicted octanol–water partition coefficient (Wildman–Crippen LogP) is 3.56. The maximum absolute atomic E-state index is 13.3. The fourth-order valence-corrected chi connectivity index (χ4v) is 1.63. The molecule has 0 aliphatic rings. The second-order valence-corrected chi connectivity index (χ2v) is 5.05. The Hall–Kier alpha value is -1.04. The van der Waals surface area contributed by atoms with Gasteiger partial charge in [0.25, 0.3) is 0 Å². The average Bonchev–Trinajstić information content (AvgIpc) is 2.29. The number of nitrogens with two attached hydrogens (primary N) is 1. The Bertz CT molecular complexity index is 442. The molecule has 0 radical (unpaired) electrons. The van der Waals surface area contributed by atoms with Crippen molar-refractivity contribution in [3.63, 3.8) is 0 Å². The first-order chi connectivity index (χ1) is 8.88. The number of nitrogens with one attached hydrogen (secondary N) is 2. The molecule has 0 fully saturated rings. The Kier molecular flexibility index (Phi) is 11.3. The number of carbonyl (C=O) groups excluding carboxylic acids is 1. The van der Waals surface area contributed by atoms with Crippen LogP contribution in [0.1, 0.15) is 33.6 Å². The Morgan fingerprint density at radius 2 is 1.86 bits per heavy atom. The highest BCUT2D eigenvalue weighted by atomic mass is 35.5. The Morgan fingerprint density at radius 1 is 1.24 bits per heavy atom. The van der Waals surface area contributed by atoms with Gasteiger partial charge in [-0.1, -0.05) is 0 Å². The van der Waals surface area contributed by atoms with E-state index < -0.39 is 0 Å². The van der Waals surface area contributed by atoms with Crippen LogP contribution < -0.4 is 16.4 Å². The number of benzene rings is 1. The quantitative estimate of drug-likeness (QED) is 0.742. The zero-order chi connectivity index (χ0) is 14.4. The molecule has 0 heterocycles. The molecule has 1 unspecified atom stereocenters. The normalized spacial score (nSPS) is 11.1. The van der Waals surface area contributed by atoms with E-state index in [-0.39, 0.29) is 48.6 Å². The lowest BCUT2D eigenvalue weighted by molar-refractivity contribution is -0.116. The van der Waals surface area contributed by atoms with Crippen LogP contribution >= 0.6 is 24.8 Å². The highest BCUT2D eigenvalue weighted by Crippen LogP contribution is 2.23.